The molecule has 0 bridgehead atoms. The van der Waals surface area contributed by atoms with E-state index in [1.165, 1.54) is 6.07 Å². The Balaban J connectivity index is 2.19. The third-order valence-electron chi connectivity index (χ3n) is 2.22. The smallest absolute Gasteiger partial charge is 0.165 e. The summed E-state index contributed by atoms with van der Waals surface area (Å²) < 4.78 is 18.6. The molecule has 0 atom stereocenters. The molecule has 1 aliphatic carbocycles. The minimum absolute atomic E-state index is 0.246. The van der Waals surface area contributed by atoms with Crippen LogP contribution in [0.1, 0.15) is 25.3 Å². The van der Waals surface area contributed by atoms with Crippen molar-refractivity contribution >= 4 is 0 Å². The van der Waals surface area contributed by atoms with Crippen molar-refractivity contribution in [3.05, 3.63) is 29.6 Å². The lowest BCUT2D eigenvalue weighted by atomic mass is 10.1. The van der Waals surface area contributed by atoms with Crippen molar-refractivity contribution in [2.75, 3.05) is 0 Å². The Hall–Kier alpha value is -1.05. The van der Waals surface area contributed by atoms with Gasteiger partial charge in [-0.25, -0.2) is 4.39 Å². The fraction of sp³-hybridized carbons (Fsp3) is 0.455. The first kappa shape index (κ1) is 8.54. The molecule has 0 heterocycles. The van der Waals surface area contributed by atoms with Gasteiger partial charge in [0.1, 0.15) is 0 Å². The van der Waals surface area contributed by atoms with Crippen LogP contribution < -0.4 is 4.74 Å². The van der Waals surface area contributed by atoms with Gasteiger partial charge in [0.15, 0.2) is 11.6 Å². The lowest BCUT2D eigenvalue weighted by molar-refractivity contribution is 0.287. The number of hydrogen-bond donors (Lipinski definition) is 0. The van der Waals surface area contributed by atoms with E-state index in [4.69, 9.17) is 4.74 Å². The summed E-state index contributed by atoms with van der Waals surface area (Å²) in [6, 6.07) is 5.08. The largest absolute Gasteiger partial charge is 0.487 e. The van der Waals surface area contributed by atoms with Crippen LogP contribution in [0.5, 0.6) is 5.75 Å². The molecule has 2 rings (SSSR count). The first-order valence-electron chi connectivity index (χ1n) is 4.74. The minimum atomic E-state index is -0.246. The van der Waals surface area contributed by atoms with E-state index in [1.54, 1.807) is 12.1 Å². The highest BCUT2D eigenvalue weighted by molar-refractivity contribution is 5.30. The van der Waals surface area contributed by atoms with Crippen molar-refractivity contribution in [3.63, 3.8) is 0 Å². The minimum Gasteiger partial charge on any atom is -0.487 e. The first-order valence-corrected chi connectivity index (χ1v) is 4.74. The van der Waals surface area contributed by atoms with Crippen molar-refractivity contribution in [1.29, 1.82) is 0 Å². The molecule has 0 spiro atoms. The highest BCUT2D eigenvalue weighted by Crippen LogP contribution is 2.29. The second-order valence-electron chi connectivity index (χ2n) is 3.44. The summed E-state index contributed by atoms with van der Waals surface area (Å²) in [6.45, 7) is 2.05. The van der Waals surface area contributed by atoms with Gasteiger partial charge in [0.2, 0.25) is 0 Å². The zero-order valence-corrected chi connectivity index (χ0v) is 7.72. The van der Waals surface area contributed by atoms with Crippen molar-refractivity contribution in [3.8, 4) is 5.75 Å². The predicted octanol–water partition coefficient (Wildman–Crippen LogP) is 2.93. The van der Waals surface area contributed by atoms with E-state index in [2.05, 4.69) is 0 Å². The van der Waals surface area contributed by atoms with E-state index in [0.29, 0.717) is 5.75 Å². The molecule has 1 aromatic rings. The molecule has 1 nitrogen and oxygen atoms in total. The number of rotatable bonds is 3. The number of ether oxygens (including phenoxy) is 1. The third kappa shape index (κ3) is 2.00. The molecule has 0 aliphatic heterocycles. The summed E-state index contributed by atoms with van der Waals surface area (Å²) in [5.41, 5.74) is 1.12. The molecule has 1 saturated carbocycles. The number of hydrogen-bond acceptors (Lipinski definition) is 1. The van der Waals surface area contributed by atoms with E-state index in [-0.39, 0.29) is 11.9 Å². The fourth-order valence-corrected chi connectivity index (χ4v) is 1.22. The van der Waals surface area contributed by atoms with Gasteiger partial charge in [0.05, 0.1) is 6.10 Å². The Morgan fingerprint density at radius 1 is 1.46 bits per heavy atom. The Morgan fingerprint density at radius 3 is 2.85 bits per heavy atom. The van der Waals surface area contributed by atoms with Crippen molar-refractivity contribution in [1.82, 2.24) is 0 Å². The lowest BCUT2D eigenvalue weighted by Crippen LogP contribution is -1.98. The van der Waals surface area contributed by atoms with E-state index in [9.17, 15) is 4.39 Å². The summed E-state index contributed by atoms with van der Waals surface area (Å²) in [6.07, 6.45) is 3.31. The summed E-state index contributed by atoms with van der Waals surface area (Å²) >= 11 is 0. The maximum Gasteiger partial charge on any atom is 0.165 e. The SMILES string of the molecule is CCc1ccc(F)c(OC2CC2)c1. The molecule has 1 fully saturated rings. The van der Waals surface area contributed by atoms with Crippen LogP contribution in [0, 0.1) is 5.82 Å². The van der Waals surface area contributed by atoms with Gasteiger partial charge in [-0.15, -0.1) is 0 Å². The highest BCUT2D eigenvalue weighted by Gasteiger charge is 2.24. The van der Waals surface area contributed by atoms with Gasteiger partial charge in [-0.1, -0.05) is 13.0 Å². The Bertz CT molecular complexity index is 305. The molecular weight excluding hydrogens is 167 g/mol. The van der Waals surface area contributed by atoms with E-state index in [1.807, 2.05) is 6.92 Å². The average molecular weight is 180 g/mol. The fourth-order valence-electron chi connectivity index (χ4n) is 1.22. The van der Waals surface area contributed by atoms with Crippen LogP contribution in [-0.2, 0) is 6.42 Å². The lowest BCUT2D eigenvalue weighted by Gasteiger charge is -2.06. The zero-order chi connectivity index (χ0) is 9.26. The van der Waals surface area contributed by atoms with Gasteiger partial charge >= 0.3 is 0 Å². The molecule has 0 unspecified atom stereocenters. The van der Waals surface area contributed by atoms with Crippen LogP contribution in [0.25, 0.3) is 0 Å². The van der Waals surface area contributed by atoms with Crippen LogP contribution in [-0.4, -0.2) is 6.10 Å². The van der Waals surface area contributed by atoms with Crippen LogP contribution in [0.15, 0.2) is 18.2 Å². The summed E-state index contributed by atoms with van der Waals surface area (Å²) in [5, 5.41) is 0. The van der Waals surface area contributed by atoms with Gasteiger partial charge in [-0.2, -0.15) is 0 Å². The number of halogens is 1. The van der Waals surface area contributed by atoms with Crippen molar-refractivity contribution in [2.24, 2.45) is 0 Å². The molecule has 70 valence electrons. The summed E-state index contributed by atoms with van der Waals surface area (Å²) in [7, 11) is 0. The third-order valence-corrected chi connectivity index (χ3v) is 2.22. The molecule has 0 saturated heterocycles. The van der Waals surface area contributed by atoms with E-state index >= 15 is 0 Å². The molecule has 0 aromatic heterocycles. The van der Waals surface area contributed by atoms with Crippen molar-refractivity contribution < 1.29 is 9.13 Å². The van der Waals surface area contributed by atoms with Crippen LogP contribution in [0.3, 0.4) is 0 Å². The number of benzene rings is 1. The Kier molecular flexibility index (Phi) is 2.21. The molecule has 0 radical (unpaired) electrons. The first-order chi connectivity index (χ1) is 6.29. The normalized spacial score (nSPS) is 15.8. The molecule has 0 N–H and O–H groups in total. The Labute approximate surface area is 77.5 Å². The molecule has 2 heteroatoms. The maximum atomic E-state index is 13.2. The second kappa shape index (κ2) is 3.36. The molecular formula is C11H13FO. The van der Waals surface area contributed by atoms with Crippen molar-refractivity contribution in [2.45, 2.75) is 32.3 Å². The predicted molar refractivity (Wildman–Crippen MR) is 49.4 cm³/mol. The topological polar surface area (TPSA) is 9.23 Å². The zero-order valence-electron chi connectivity index (χ0n) is 7.72. The van der Waals surface area contributed by atoms with E-state index in [0.717, 1.165) is 24.8 Å². The molecule has 13 heavy (non-hydrogen) atoms. The molecule has 1 aliphatic rings. The van der Waals surface area contributed by atoms with Gasteiger partial charge in [-0.05, 0) is 37.0 Å². The maximum absolute atomic E-state index is 13.2. The second-order valence-corrected chi connectivity index (χ2v) is 3.44. The van der Waals surface area contributed by atoms with Gasteiger partial charge < -0.3 is 4.74 Å². The van der Waals surface area contributed by atoms with Gasteiger partial charge in [-0.3, -0.25) is 0 Å². The molecule has 1 aromatic carbocycles. The van der Waals surface area contributed by atoms with Gasteiger partial charge in [0.25, 0.3) is 0 Å². The van der Waals surface area contributed by atoms with Gasteiger partial charge in [0, 0.05) is 0 Å². The van der Waals surface area contributed by atoms with Crippen LogP contribution in [0.4, 0.5) is 4.39 Å². The standard InChI is InChI=1S/C11H13FO/c1-2-8-3-6-10(12)11(7-8)13-9-4-5-9/h3,6-7,9H,2,4-5H2,1H3. The Morgan fingerprint density at radius 2 is 2.23 bits per heavy atom. The quantitative estimate of drug-likeness (QED) is 0.695. The number of aryl methyl sites for hydroxylation is 1. The summed E-state index contributed by atoms with van der Waals surface area (Å²) in [5.74, 6) is 0.172. The van der Waals surface area contributed by atoms with Crippen LogP contribution in [0.2, 0.25) is 0 Å². The molecule has 0 amide bonds. The van der Waals surface area contributed by atoms with E-state index < -0.39 is 0 Å². The van der Waals surface area contributed by atoms with Crippen LogP contribution >= 0.6 is 0 Å². The monoisotopic (exact) mass is 180 g/mol. The highest BCUT2D eigenvalue weighted by atomic mass is 19.1. The summed E-state index contributed by atoms with van der Waals surface area (Å²) in [4.78, 5) is 0. The average Bonchev–Trinajstić information content (AvgIpc) is 2.93.